The van der Waals surface area contributed by atoms with Gasteiger partial charge in [0.1, 0.15) is 12.4 Å². The van der Waals surface area contributed by atoms with Crippen molar-refractivity contribution < 1.29 is 13.2 Å². The van der Waals surface area contributed by atoms with Gasteiger partial charge in [-0.25, -0.2) is 13.6 Å². The number of carbonyl (C=O) groups excluding carboxylic acids is 1. The largest absolute Gasteiger partial charge is 0.382 e. The van der Waals surface area contributed by atoms with Crippen molar-refractivity contribution in [3.63, 3.8) is 0 Å². The zero-order valence-electron chi connectivity index (χ0n) is 10.4. The van der Waals surface area contributed by atoms with E-state index in [1.165, 1.54) is 22.9 Å². The van der Waals surface area contributed by atoms with Crippen LogP contribution in [0.5, 0.6) is 0 Å². The second kappa shape index (κ2) is 5.31. The lowest BCUT2D eigenvalue weighted by Crippen LogP contribution is -2.19. The molecule has 1 aromatic carbocycles. The molecule has 8 nitrogen and oxygen atoms in total. The summed E-state index contributed by atoms with van der Waals surface area (Å²) in [6, 6.07) is 7.24. The number of hydrogen-bond acceptors (Lipinski definition) is 5. The van der Waals surface area contributed by atoms with Gasteiger partial charge in [-0.05, 0) is 24.3 Å². The Morgan fingerprint density at radius 2 is 2.10 bits per heavy atom. The van der Waals surface area contributed by atoms with E-state index in [9.17, 15) is 13.2 Å². The second-order valence-electron chi connectivity index (χ2n) is 4.06. The fourth-order valence-electron chi connectivity index (χ4n) is 1.56. The highest BCUT2D eigenvalue weighted by atomic mass is 32.2. The number of anilines is 2. The van der Waals surface area contributed by atoms with Crippen LogP contribution in [0.15, 0.2) is 41.4 Å². The lowest BCUT2D eigenvalue weighted by Gasteiger charge is -2.06. The predicted molar refractivity (Wildman–Crippen MR) is 73.1 cm³/mol. The first kappa shape index (κ1) is 14.0. The number of aromatic nitrogens is 2. The van der Waals surface area contributed by atoms with Gasteiger partial charge in [0.2, 0.25) is 15.9 Å². The van der Waals surface area contributed by atoms with E-state index in [4.69, 9.17) is 10.9 Å². The Balaban J connectivity index is 2.08. The summed E-state index contributed by atoms with van der Waals surface area (Å²) in [7, 11) is -3.80. The van der Waals surface area contributed by atoms with E-state index in [-0.39, 0.29) is 17.3 Å². The Labute approximate surface area is 115 Å². The minimum Gasteiger partial charge on any atom is -0.382 e. The van der Waals surface area contributed by atoms with Crippen LogP contribution in [0.1, 0.15) is 0 Å². The van der Waals surface area contributed by atoms with Crippen LogP contribution < -0.4 is 16.2 Å². The number of nitrogens with one attached hydrogen (secondary N) is 1. The van der Waals surface area contributed by atoms with E-state index < -0.39 is 10.0 Å². The molecule has 0 saturated heterocycles. The van der Waals surface area contributed by atoms with Gasteiger partial charge in [-0.15, -0.1) is 0 Å². The molecule has 0 saturated carbocycles. The second-order valence-corrected chi connectivity index (χ2v) is 5.62. The van der Waals surface area contributed by atoms with Gasteiger partial charge >= 0.3 is 0 Å². The highest BCUT2D eigenvalue weighted by Gasteiger charge is 2.10. The van der Waals surface area contributed by atoms with Gasteiger partial charge in [-0.3, -0.25) is 9.48 Å². The molecule has 20 heavy (non-hydrogen) atoms. The highest BCUT2D eigenvalue weighted by molar-refractivity contribution is 7.89. The first-order valence-electron chi connectivity index (χ1n) is 5.56. The van der Waals surface area contributed by atoms with Crippen molar-refractivity contribution in [1.82, 2.24) is 9.78 Å². The third kappa shape index (κ3) is 3.56. The molecule has 0 radical (unpaired) electrons. The number of benzene rings is 1. The highest BCUT2D eigenvalue weighted by Crippen LogP contribution is 2.14. The van der Waals surface area contributed by atoms with Gasteiger partial charge in [0, 0.05) is 11.9 Å². The van der Waals surface area contributed by atoms with Gasteiger partial charge < -0.3 is 11.1 Å². The predicted octanol–water partition coefficient (Wildman–Crippen LogP) is -0.249. The van der Waals surface area contributed by atoms with Crippen molar-refractivity contribution >= 4 is 27.4 Å². The Morgan fingerprint density at radius 1 is 1.35 bits per heavy atom. The minimum absolute atomic E-state index is 0.0309. The Morgan fingerprint density at radius 3 is 2.70 bits per heavy atom. The molecule has 2 rings (SSSR count). The van der Waals surface area contributed by atoms with E-state index in [1.807, 2.05) is 0 Å². The topological polar surface area (TPSA) is 133 Å². The number of carbonyl (C=O) groups is 1. The standard InChI is InChI=1S/C11H13N5O3S/c12-10-4-5-16(15-10)7-11(17)14-8-2-1-3-9(6-8)20(13,18)19/h1-6H,7H2,(H2,12,15)(H,14,17)(H2,13,18,19). The van der Waals surface area contributed by atoms with Gasteiger partial charge in [-0.1, -0.05) is 6.07 Å². The molecular formula is C11H13N5O3S. The van der Waals surface area contributed by atoms with E-state index >= 15 is 0 Å². The van der Waals surface area contributed by atoms with E-state index in [2.05, 4.69) is 10.4 Å². The number of sulfonamides is 1. The summed E-state index contributed by atoms with van der Waals surface area (Å²) in [5.74, 6) is -0.0475. The first-order chi connectivity index (χ1) is 9.34. The van der Waals surface area contributed by atoms with Crippen molar-refractivity contribution in [2.45, 2.75) is 11.4 Å². The third-order valence-corrected chi connectivity index (χ3v) is 3.32. The Kier molecular flexibility index (Phi) is 3.72. The molecule has 0 aliphatic heterocycles. The summed E-state index contributed by atoms with van der Waals surface area (Å²) in [4.78, 5) is 11.7. The van der Waals surface area contributed by atoms with Crippen LogP contribution in [-0.2, 0) is 21.4 Å². The zero-order chi connectivity index (χ0) is 14.8. The van der Waals surface area contributed by atoms with Crippen LogP contribution in [0.4, 0.5) is 11.5 Å². The van der Waals surface area contributed by atoms with Gasteiger partial charge in [0.05, 0.1) is 4.90 Å². The summed E-state index contributed by atoms with van der Waals surface area (Å²) in [6.45, 7) is -0.0309. The maximum atomic E-state index is 11.8. The fourth-order valence-corrected chi connectivity index (χ4v) is 2.12. The molecule has 5 N–H and O–H groups in total. The maximum absolute atomic E-state index is 11.8. The Hall–Kier alpha value is -2.39. The normalized spacial score (nSPS) is 11.2. The minimum atomic E-state index is -3.80. The van der Waals surface area contributed by atoms with Crippen LogP contribution in [0.3, 0.4) is 0 Å². The number of rotatable bonds is 4. The molecular weight excluding hydrogens is 282 g/mol. The first-order valence-corrected chi connectivity index (χ1v) is 7.11. The monoisotopic (exact) mass is 295 g/mol. The molecule has 0 atom stereocenters. The molecule has 0 unspecified atom stereocenters. The molecule has 106 valence electrons. The molecule has 9 heteroatoms. The number of nitrogens with zero attached hydrogens (tertiary/aromatic N) is 2. The molecule has 0 bridgehead atoms. The molecule has 1 aromatic heterocycles. The molecule has 0 aliphatic rings. The van der Waals surface area contributed by atoms with Crippen LogP contribution in [0.2, 0.25) is 0 Å². The van der Waals surface area contributed by atoms with Crippen molar-refractivity contribution in [2.75, 3.05) is 11.1 Å². The number of amides is 1. The summed E-state index contributed by atoms with van der Waals surface area (Å²) < 4.78 is 23.8. The molecule has 0 fully saturated rings. The number of hydrogen-bond donors (Lipinski definition) is 3. The summed E-state index contributed by atoms with van der Waals surface area (Å²) >= 11 is 0. The lowest BCUT2D eigenvalue weighted by atomic mass is 10.3. The number of nitrogens with two attached hydrogens (primary N) is 2. The molecule has 2 aromatic rings. The van der Waals surface area contributed by atoms with Gasteiger partial charge in [-0.2, -0.15) is 5.10 Å². The molecule has 1 heterocycles. The van der Waals surface area contributed by atoms with Crippen LogP contribution in [0, 0.1) is 0 Å². The van der Waals surface area contributed by atoms with Crippen LogP contribution >= 0.6 is 0 Å². The van der Waals surface area contributed by atoms with Crippen molar-refractivity contribution in [2.24, 2.45) is 5.14 Å². The maximum Gasteiger partial charge on any atom is 0.246 e. The Bertz CT molecular complexity index is 738. The van der Waals surface area contributed by atoms with E-state index in [1.54, 1.807) is 18.3 Å². The molecule has 0 aliphatic carbocycles. The average Bonchev–Trinajstić information content (AvgIpc) is 2.73. The quantitative estimate of drug-likeness (QED) is 0.715. The van der Waals surface area contributed by atoms with E-state index in [0.29, 0.717) is 11.5 Å². The lowest BCUT2D eigenvalue weighted by molar-refractivity contribution is -0.116. The molecule has 0 spiro atoms. The zero-order valence-corrected chi connectivity index (χ0v) is 11.2. The number of nitrogen functional groups attached to an aromatic ring is 1. The molecule has 1 amide bonds. The smallest absolute Gasteiger partial charge is 0.246 e. The van der Waals surface area contributed by atoms with Crippen LogP contribution in [0.25, 0.3) is 0 Å². The fraction of sp³-hybridized carbons (Fsp3) is 0.0909. The number of primary sulfonamides is 1. The van der Waals surface area contributed by atoms with Crippen molar-refractivity contribution in [3.05, 3.63) is 36.5 Å². The SMILES string of the molecule is Nc1ccn(CC(=O)Nc2cccc(S(N)(=O)=O)c2)n1. The van der Waals surface area contributed by atoms with Crippen molar-refractivity contribution in [3.8, 4) is 0 Å². The van der Waals surface area contributed by atoms with Crippen LogP contribution in [-0.4, -0.2) is 24.1 Å². The summed E-state index contributed by atoms with van der Waals surface area (Å²) in [5, 5.41) is 11.4. The van der Waals surface area contributed by atoms with Crippen molar-refractivity contribution in [1.29, 1.82) is 0 Å². The third-order valence-electron chi connectivity index (χ3n) is 2.41. The van der Waals surface area contributed by atoms with Gasteiger partial charge in [0.15, 0.2) is 0 Å². The van der Waals surface area contributed by atoms with Gasteiger partial charge in [0.25, 0.3) is 0 Å². The average molecular weight is 295 g/mol. The van der Waals surface area contributed by atoms with E-state index in [0.717, 1.165) is 0 Å². The summed E-state index contributed by atoms with van der Waals surface area (Å²) in [5.41, 5.74) is 5.77. The summed E-state index contributed by atoms with van der Waals surface area (Å²) in [6.07, 6.45) is 1.57.